The van der Waals surface area contributed by atoms with E-state index >= 15 is 0 Å². The lowest BCUT2D eigenvalue weighted by Crippen LogP contribution is -2.53. The molecule has 2 nitrogen and oxygen atoms in total. The number of hydrogen-bond donors (Lipinski definition) is 2. The molecule has 0 saturated heterocycles. The highest BCUT2D eigenvalue weighted by atomic mass is 16.3. The van der Waals surface area contributed by atoms with Gasteiger partial charge in [0.25, 0.3) is 0 Å². The number of aliphatic hydroxyl groups is 1. The fourth-order valence-corrected chi connectivity index (χ4v) is 3.93. The SMILES string of the molecule is NCC1(C2(O)CCCCC2)CCCCCC1. The van der Waals surface area contributed by atoms with E-state index < -0.39 is 5.60 Å². The van der Waals surface area contributed by atoms with Gasteiger partial charge < -0.3 is 10.8 Å². The average molecular weight is 225 g/mol. The summed E-state index contributed by atoms with van der Waals surface area (Å²) in [6, 6.07) is 0. The zero-order valence-electron chi connectivity index (χ0n) is 10.5. The van der Waals surface area contributed by atoms with Crippen LogP contribution in [0, 0.1) is 5.41 Å². The molecule has 0 radical (unpaired) electrons. The maximum atomic E-state index is 11.0. The quantitative estimate of drug-likeness (QED) is 0.710. The van der Waals surface area contributed by atoms with Gasteiger partial charge in [0.2, 0.25) is 0 Å². The van der Waals surface area contributed by atoms with Gasteiger partial charge in [-0.1, -0.05) is 44.9 Å². The lowest BCUT2D eigenvalue weighted by Gasteiger charge is -2.49. The van der Waals surface area contributed by atoms with Gasteiger partial charge in [-0.3, -0.25) is 0 Å². The summed E-state index contributed by atoms with van der Waals surface area (Å²) in [6.45, 7) is 0.684. The summed E-state index contributed by atoms with van der Waals surface area (Å²) in [4.78, 5) is 0. The zero-order chi connectivity index (χ0) is 11.5. The molecule has 0 bridgehead atoms. The highest BCUT2D eigenvalue weighted by Crippen LogP contribution is 2.49. The molecule has 2 rings (SSSR count). The number of hydrogen-bond acceptors (Lipinski definition) is 2. The third-order valence-electron chi connectivity index (χ3n) is 5.12. The summed E-state index contributed by atoms with van der Waals surface area (Å²) in [6.07, 6.45) is 13.2. The first kappa shape index (κ1) is 12.4. The lowest BCUT2D eigenvalue weighted by molar-refractivity contribution is -0.113. The molecule has 0 atom stereocenters. The maximum absolute atomic E-state index is 11.0. The van der Waals surface area contributed by atoms with Crippen LogP contribution in [0.15, 0.2) is 0 Å². The van der Waals surface area contributed by atoms with Gasteiger partial charge in [-0.05, 0) is 25.7 Å². The predicted molar refractivity (Wildman–Crippen MR) is 67.2 cm³/mol. The van der Waals surface area contributed by atoms with E-state index in [1.54, 1.807) is 0 Å². The van der Waals surface area contributed by atoms with Crippen molar-refractivity contribution in [3.8, 4) is 0 Å². The van der Waals surface area contributed by atoms with Crippen molar-refractivity contribution in [2.24, 2.45) is 11.1 Å². The van der Waals surface area contributed by atoms with Gasteiger partial charge in [-0.2, -0.15) is 0 Å². The molecule has 2 aliphatic carbocycles. The van der Waals surface area contributed by atoms with Crippen LogP contribution in [0.4, 0.5) is 0 Å². The molecule has 0 aromatic rings. The monoisotopic (exact) mass is 225 g/mol. The van der Waals surface area contributed by atoms with Crippen LogP contribution in [0.2, 0.25) is 0 Å². The van der Waals surface area contributed by atoms with Crippen molar-refractivity contribution in [2.45, 2.75) is 76.2 Å². The summed E-state index contributed by atoms with van der Waals surface area (Å²) in [5, 5.41) is 11.0. The minimum absolute atomic E-state index is 0.0456. The molecule has 3 N–H and O–H groups in total. The van der Waals surface area contributed by atoms with E-state index in [2.05, 4.69) is 0 Å². The molecule has 94 valence electrons. The molecule has 0 aromatic heterocycles. The zero-order valence-corrected chi connectivity index (χ0v) is 10.5. The van der Waals surface area contributed by atoms with Crippen LogP contribution in [0.1, 0.15) is 70.6 Å². The average Bonchev–Trinajstić information content (AvgIpc) is 2.56. The molecule has 0 aromatic carbocycles. The molecular weight excluding hydrogens is 198 g/mol. The Hall–Kier alpha value is -0.0800. The van der Waals surface area contributed by atoms with E-state index in [1.807, 2.05) is 0 Å². The molecule has 0 heterocycles. The van der Waals surface area contributed by atoms with Crippen LogP contribution in [0.5, 0.6) is 0 Å². The highest BCUT2D eigenvalue weighted by molar-refractivity contribution is 5.01. The highest BCUT2D eigenvalue weighted by Gasteiger charge is 2.48. The second-order valence-electron chi connectivity index (χ2n) is 5.99. The van der Waals surface area contributed by atoms with E-state index in [-0.39, 0.29) is 5.41 Å². The van der Waals surface area contributed by atoms with Crippen molar-refractivity contribution in [2.75, 3.05) is 6.54 Å². The van der Waals surface area contributed by atoms with Crippen molar-refractivity contribution in [3.63, 3.8) is 0 Å². The summed E-state index contributed by atoms with van der Waals surface area (Å²) >= 11 is 0. The van der Waals surface area contributed by atoms with Crippen LogP contribution >= 0.6 is 0 Å². The third kappa shape index (κ3) is 2.14. The number of nitrogens with two attached hydrogens (primary N) is 1. The van der Waals surface area contributed by atoms with Gasteiger partial charge in [0, 0.05) is 12.0 Å². The first-order chi connectivity index (χ1) is 7.72. The molecule has 0 spiro atoms. The summed E-state index contributed by atoms with van der Waals surface area (Å²) < 4.78 is 0. The second-order valence-corrected chi connectivity index (χ2v) is 5.99. The van der Waals surface area contributed by atoms with E-state index in [0.29, 0.717) is 6.54 Å². The molecule has 0 amide bonds. The first-order valence-corrected chi connectivity index (χ1v) is 7.15. The molecule has 2 aliphatic rings. The van der Waals surface area contributed by atoms with Crippen molar-refractivity contribution in [1.82, 2.24) is 0 Å². The van der Waals surface area contributed by atoms with Crippen LogP contribution in [0.3, 0.4) is 0 Å². The summed E-state index contributed by atoms with van der Waals surface area (Å²) in [5.74, 6) is 0. The smallest absolute Gasteiger partial charge is 0.0715 e. The molecule has 0 aliphatic heterocycles. The van der Waals surface area contributed by atoms with Crippen LogP contribution < -0.4 is 5.73 Å². The molecule has 0 unspecified atom stereocenters. The lowest BCUT2D eigenvalue weighted by atomic mass is 9.61. The van der Waals surface area contributed by atoms with Gasteiger partial charge >= 0.3 is 0 Å². The summed E-state index contributed by atoms with van der Waals surface area (Å²) in [5.41, 5.74) is 5.67. The van der Waals surface area contributed by atoms with Gasteiger partial charge in [0.15, 0.2) is 0 Å². The van der Waals surface area contributed by atoms with Crippen LogP contribution in [-0.4, -0.2) is 17.3 Å². The maximum Gasteiger partial charge on any atom is 0.0715 e. The Morgan fingerprint density at radius 1 is 0.750 bits per heavy atom. The van der Waals surface area contributed by atoms with Crippen molar-refractivity contribution in [3.05, 3.63) is 0 Å². The summed E-state index contributed by atoms with van der Waals surface area (Å²) in [7, 11) is 0. The van der Waals surface area contributed by atoms with E-state index in [4.69, 9.17) is 5.73 Å². The Kier molecular flexibility index (Phi) is 3.91. The van der Waals surface area contributed by atoms with E-state index in [9.17, 15) is 5.11 Å². The normalized spacial score (nSPS) is 29.6. The van der Waals surface area contributed by atoms with Gasteiger partial charge in [-0.15, -0.1) is 0 Å². The Morgan fingerprint density at radius 2 is 1.19 bits per heavy atom. The minimum Gasteiger partial charge on any atom is -0.389 e. The standard InChI is InChI=1S/C14H27NO/c15-12-13(8-4-1-2-5-9-13)14(16)10-6-3-7-11-14/h16H,1-12,15H2. The fraction of sp³-hybridized carbons (Fsp3) is 1.00. The minimum atomic E-state index is -0.440. The largest absolute Gasteiger partial charge is 0.389 e. The Morgan fingerprint density at radius 3 is 1.69 bits per heavy atom. The van der Waals surface area contributed by atoms with Gasteiger partial charge in [0.05, 0.1) is 5.60 Å². The second kappa shape index (κ2) is 5.05. The molecule has 16 heavy (non-hydrogen) atoms. The third-order valence-corrected chi connectivity index (χ3v) is 5.12. The Balaban J connectivity index is 2.16. The van der Waals surface area contributed by atoms with Gasteiger partial charge in [-0.25, -0.2) is 0 Å². The van der Waals surface area contributed by atoms with Crippen molar-refractivity contribution in [1.29, 1.82) is 0 Å². The molecule has 2 fully saturated rings. The predicted octanol–water partition coefficient (Wildman–Crippen LogP) is 2.98. The van der Waals surface area contributed by atoms with E-state index in [0.717, 1.165) is 25.7 Å². The molecular formula is C14H27NO. The fourth-order valence-electron chi connectivity index (χ4n) is 3.93. The topological polar surface area (TPSA) is 46.2 Å². The van der Waals surface area contributed by atoms with E-state index in [1.165, 1.54) is 44.9 Å². The number of rotatable bonds is 2. The van der Waals surface area contributed by atoms with Crippen molar-refractivity contribution >= 4 is 0 Å². The van der Waals surface area contributed by atoms with Crippen molar-refractivity contribution < 1.29 is 5.11 Å². The molecule has 2 heteroatoms. The van der Waals surface area contributed by atoms with Gasteiger partial charge in [0.1, 0.15) is 0 Å². The first-order valence-electron chi connectivity index (χ1n) is 7.15. The Bertz CT molecular complexity index is 213. The Labute approximate surface area is 99.6 Å². The molecule has 2 saturated carbocycles. The van der Waals surface area contributed by atoms with Crippen LogP contribution in [-0.2, 0) is 0 Å². The van der Waals surface area contributed by atoms with Crippen LogP contribution in [0.25, 0.3) is 0 Å².